The predicted octanol–water partition coefficient (Wildman–Crippen LogP) is 2.77. The Hall–Kier alpha value is -0.740. The molecule has 0 aliphatic heterocycles. The smallest absolute Gasteiger partial charge is 0.142 e. The number of aromatic nitrogens is 1. The molecule has 0 saturated heterocycles. The lowest BCUT2D eigenvalue weighted by Gasteiger charge is -2.38. The van der Waals surface area contributed by atoms with Gasteiger partial charge in [-0.15, -0.1) is 0 Å². The van der Waals surface area contributed by atoms with E-state index in [1.807, 2.05) is 0 Å². The molecule has 0 amide bonds. The Morgan fingerprint density at radius 3 is 2.67 bits per heavy atom. The minimum absolute atomic E-state index is 0.0893. The normalized spacial score (nSPS) is 20.8. The van der Waals surface area contributed by atoms with E-state index in [2.05, 4.69) is 4.98 Å². The van der Waals surface area contributed by atoms with Gasteiger partial charge < -0.3 is 5.73 Å². The third-order valence-corrected chi connectivity index (χ3v) is 3.18. The summed E-state index contributed by atoms with van der Waals surface area (Å²) in [6.07, 6.45) is 2.67. The maximum atomic E-state index is 13.9. The third kappa shape index (κ3) is 1.84. The van der Waals surface area contributed by atoms with Crippen LogP contribution in [0.15, 0.2) is 12.3 Å². The van der Waals surface area contributed by atoms with Crippen molar-refractivity contribution in [2.45, 2.75) is 31.0 Å². The van der Waals surface area contributed by atoms with Crippen LogP contribution < -0.4 is 5.73 Å². The lowest BCUT2D eigenvalue weighted by Crippen LogP contribution is -2.43. The molecule has 1 aromatic rings. The van der Waals surface area contributed by atoms with E-state index in [0.29, 0.717) is 12.8 Å². The molecule has 1 atom stereocenters. The Labute approximate surface area is 91.4 Å². The molecule has 1 saturated carbocycles. The monoisotopic (exact) mass is 232 g/mol. The van der Waals surface area contributed by atoms with Crippen molar-refractivity contribution in [1.82, 2.24) is 4.98 Å². The van der Waals surface area contributed by atoms with E-state index in [0.717, 1.165) is 18.7 Å². The van der Waals surface area contributed by atoms with Crippen LogP contribution in [0.5, 0.6) is 0 Å². The third-order valence-electron chi connectivity index (χ3n) is 2.87. The van der Waals surface area contributed by atoms with Gasteiger partial charge in [-0.2, -0.15) is 0 Å². The average Bonchev–Trinajstić information content (AvgIpc) is 2.13. The van der Waals surface area contributed by atoms with Crippen LogP contribution in [0.4, 0.5) is 8.78 Å². The zero-order chi connectivity index (χ0) is 11.1. The van der Waals surface area contributed by atoms with Crippen molar-refractivity contribution in [2.24, 2.45) is 5.73 Å². The molecule has 0 spiro atoms. The van der Waals surface area contributed by atoms with Crippen LogP contribution in [0.1, 0.15) is 31.0 Å². The Morgan fingerprint density at radius 2 is 2.20 bits per heavy atom. The van der Waals surface area contributed by atoms with Crippen molar-refractivity contribution in [3.63, 3.8) is 0 Å². The number of nitrogens with two attached hydrogens (primary N) is 1. The molecular formula is C10H11ClF2N2. The van der Waals surface area contributed by atoms with Gasteiger partial charge in [0.15, 0.2) is 0 Å². The maximum Gasteiger partial charge on any atom is 0.142 e. The topological polar surface area (TPSA) is 38.9 Å². The van der Waals surface area contributed by atoms with Crippen molar-refractivity contribution in [2.75, 3.05) is 0 Å². The van der Waals surface area contributed by atoms with Gasteiger partial charge in [0.2, 0.25) is 0 Å². The highest BCUT2D eigenvalue weighted by Gasteiger charge is 2.44. The van der Waals surface area contributed by atoms with Crippen molar-refractivity contribution >= 4 is 11.6 Å². The van der Waals surface area contributed by atoms with Crippen LogP contribution in [0.3, 0.4) is 0 Å². The average molecular weight is 233 g/mol. The van der Waals surface area contributed by atoms with Crippen LogP contribution in [0.2, 0.25) is 5.02 Å². The number of pyridine rings is 1. The molecule has 5 heteroatoms. The second-order valence-electron chi connectivity index (χ2n) is 3.89. The second-order valence-corrected chi connectivity index (χ2v) is 4.29. The molecule has 0 bridgehead atoms. The molecular weight excluding hydrogens is 222 g/mol. The van der Waals surface area contributed by atoms with Gasteiger partial charge in [0.1, 0.15) is 11.5 Å². The first kappa shape index (κ1) is 10.8. The van der Waals surface area contributed by atoms with Gasteiger partial charge in [0.25, 0.3) is 0 Å². The lowest BCUT2D eigenvalue weighted by atomic mass is 9.75. The van der Waals surface area contributed by atoms with Crippen molar-refractivity contribution in [3.05, 3.63) is 28.8 Å². The van der Waals surface area contributed by atoms with Crippen LogP contribution in [-0.4, -0.2) is 10.7 Å². The Morgan fingerprint density at radius 1 is 1.53 bits per heavy atom. The van der Waals surface area contributed by atoms with Gasteiger partial charge in [-0.25, -0.2) is 8.78 Å². The highest BCUT2D eigenvalue weighted by molar-refractivity contribution is 6.31. The van der Waals surface area contributed by atoms with Crippen molar-refractivity contribution in [1.29, 1.82) is 0 Å². The predicted molar refractivity (Wildman–Crippen MR) is 53.8 cm³/mol. The van der Waals surface area contributed by atoms with Crippen molar-refractivity contribution < 1.29 is 8.78 Å². The van der Waals surface area contributed by atoms with Gasteiger partial charge >= 0.3 is 0 Å². The first-order valence-corrected chi connectivity index (χ1v) is 5.16. The summed E-state index contributed by atoms with van der Waals surface area (Å²) in [6.45, 7) is 0. The minimum atomic E-state index is -1.42. The molecule has 2 N–H and O–H groups in total. The molecule has 2 rings (SSSR count). The van der Waals surface area contributed by atoms with E-state index >= 15 is 0 Å². The molecule has 0 radical (unpaired) electrons. The number of halogens is 3. The van der Waals surface area contributed by atoms with Gasteiger partial charge in [0, 0.05) is 0 Å². The quantitative estimate of drug-likeness (QED) is 0.852. The number of rotatable bonds is 2. The Bertz CT molecular complexity index is 380. The zero-order valence-corrected chi connectivity index (χ0v) is 8.77. The SMILES string of the molecule is N[C@H](c1ncc(F)cc1Cl)C1(F)CCC1. The molecule has 1 aliphatic carbocycles. The van der Waals surface area contributed by atoms with E-state index in [4.69, 9.17) is 17.3 Å². The molecule has 1 aliphatic rings. The van der Waals surface area contributed by atoms with Crippen molar-refractivity contribution in [3.8, 4) is 0 Å². The molecule has 15 heavy (non-hydrogen) atoms. The molecule has 2 nitrogen and oxygen atoms in total. The summed E-state index contributed by atoms with van der Waals surface area (Å²) < 4.78 is 26.7. The van der Waals surface area contributed by atoms with E-state index in [1.54, 1.807) is 0 Å². The molecule has 0 aromatic carbocycles. The van der Waals surface area contributed by atoms with E-state index < -0.39 is 17.5 Å². The fourth-order valence-corrected chi connectivity index (χ4v) is 2.00. The van der Waals surface area contributed by atoms with Crippen LogP contribution in [0.25, 0.3) is 0 Å². The zero-order valence-electron chi connectivity index (χ0n) is 8.01. The Kier molecular flexibility index (Phi) is 2.64. The summed E-state index contributed by atoms with van der Waals surface area (Å²) in [4.78, 5) is 3.75. The van der Waals surface area contributed by atoms with Gasteiger partial charge in [0.05, 0.1) is 23.0 Å². The number of nitrogens with zero attached hydrogens (tertiary/aromatic N) is 1. The molecule has 1 aromatic heterocycles. The highest BCUT2D eigenvalue weighted by atomic mass is 35.5. The fourth-order valence-electron chi connectivity index (χ4n) is 1.72. The molecule has 82 valence electrons. The fraction of sp³-hybridized carbons (Fsp3) is 0.500. The van der Waals surface area contributed by atoms with Gasteiger partial charge in [-0.3, -0.25) is 4.98 Å². The summed E-state index contributed by atoms with van der Waals surface area (Å²) in [5, 5.41) is 0.0893. The molecule has 1 fully saturated rings. The first-order chi connectivity index (χ1) is 7.03. The van der Waals surface area contributed by atoms with Crippen LogP contribution >= 0.6 is 11.6 Å². The first-order valence-electron chi connectivity index (χ1n) is 4.78. The van der Waals surface area contributed by atoms with Crippen LogP contribution in [-0.2, 0) is 0 Å². The van der Waals surface area contributed by atoms with E-state index in [-0.39, 0.29) is 10.7 Å². The summed E-state index contributed by atoms with van der Waals surface area (Å²) >= 11 is 5.76. The summed E-state index contributed by atoms with van der Waals surface area (Å²) in [5.74, 6) is -0.544. The number of hydrogen-bond donors (Lipinski definition) is 1. The number of hydrogen-bond acceptors (Lipinski definition) is 2. The summed E-state index contributed by atoms with van der Waals surface area (Å²) in [7, 11) is 0. The molecule has 0 unspecified atom stereocenters. The maximum absolute atomic E-state index is 13.9. The molecule has 1 heterocycles. The van der Waals surface area contributed by atoms with E-state index in [9.17, 15) is 8.78 Å². The largest absolute Gasteiger partial charge is 0.320 e. The van der Waals surface area contributed by atoms with Gasteiger partial charge in [-0.1, -0.05) is 11.6 Å². The minimum Gasteiger partial charge on any atom is -0.320 e. The Balaban J connectivity index is 2.29. The lowest BCUT2D eigenvalue weighted by molar-refractivity contribution is 0.0326. The number of alkyl halides is 1. The van der Waals surface area contributed by atoms with E-state index in [1.165, 1.54) is 0 Å². The summed E-state index contributed by atoms with van der Waals surface area (Å²) in [6, 6.07) is 0.241. The summed E-state index contributed by atoms with van der Waals surface area (Å²) in [5.41, 5.74) is 4.56. The van der Waals surface area contributed by atoms with Crippen LogP contribution in [0, 0.1) is 5.82 Å². The second kappa shape index (κ2) is 3.68. The van der Waals surface area contributed by atoms with Gasteiger partial charge in [-0.05, 0) is 25.3 Å². The standard InChI is InChI=1S/C10H11ClF2N2/c11-7-4-6(12)5-15-8(7)9(14)10(13)2-1-3-10/h4-5,9H,1-3,14H2/t9-/m1/s1. The highest BCUT2D eigenvalue weighted by Crippen LogP contribution is 2.44.